The van der Waals surface area contributed by atoms with Gasteiger partial charge in [-0.1, -0.05) is 25.1 Å². The number of carbonyl (C=O) groups excluding carboxylic acids is 3. The van der Waals surface area contributed by atoms with Gasteiger partial charge in [-0.25, -0.2) is 5.01 Å². The topological polar surface area (TPSA) is 85.5 Å². The number of hydrogen-bond donors (Lipinski definition) is 2. The number of nitrogens with zero attached hydrogens (tertiary/aromatic N) is 2. The van der Waals surface area contributed by atoms with E-state index in [0.29, 0.717) is 19.5 Å². The molecule has 0 atom stereocenters. The molecule has 0 spiro atoms. The molecule has 3 amide bonds. The minimum absolute atomic E-state index is 0.0808. The van der Waals surface area contributed by atoms with Crippen LogP contribution in [-0.2, 0) is 20.8 Å². The number of aromatic nitrogens is 1. The molecule has 2 aromatic rings. The van der Waals surface area contributed by atoms with Crippen LogP contribution in [0.1, 0.15) is 31.0 Å². The predicted molar refractivity (Wildman–Crippen MR) is 98.1 cm³/mol. The van der Waals surface area contributed by atoms with Gasteiger partial charge in [0.1, 0.15) is 0 Å². The van der Waals surface area contributed by atoms with Crippen molar-refractivity contribution in [1.82, 2.24) is 20.3 Å². The second-order valence-electron chi connectivity index (χ2n) is 6.47. The number of para-hydroxylation sites is 1. The Morgan fingerprint density at radius 1 is 1.12 bits per heavy atom. The molecule has 1 fully saturated rings. The minimum Gasteiger partial charge on any atom is -0.358 e. The van der Waals surface area contributed by atoms with E-state index in [2.05, 4.69) is 10.3 Å². The smallest absolute Gasteiger partial charge is 0.260 e. The van der Waals surface area contributed by atoms with E-state index < -0.39 is 0 Å². The Kier molecular flexibility index (Phi) is 5.25. The molecular weight excluding hydrogens is 332 g/mol. The molecule has 0 bridgehead atoms. The van der Waals surface area contributed by atoms with Gasteiger partial charge in [0.25, 0.3) is 5.91 Å². The number of hydrogen-bond acceptors (Lipinski definition) is 3. The van der Waals surface area contributed by atoms with Gasteiger partial charge >= 0.3 is 0 Å². The van der Waals surface area contributed by atoms with Crippen LogP contribution in [0.4, 0.5) is 0 Å². The van der Waals surface area contributed by atoms with Crippen LogP contribution in [0, 0.1) is 6.92 Å². The van der Waals surface area contributed by atoms with E-state index in [-0.39, 0.29) is 30.7 Å². The first kappa shape index (κ1) is 18.0. The van der Waals surface area contributed by atoms with E-state index in [1.165, 1.54) is 10.0 Å². The molecule has 0 saturated carbocycles. The first-order valence-corrected chi connectivity index (χ1v) is 8.94. The first-order chi connectivity index (χ1) is 12.5. The van der Waals surface area contributed by atoms with Gasteiger partial charge in [0.2, 0.25) is 11.8 Å². The number of H-pyrrole nitrogens is 1. The standard InChI is InChI=1S/C19H24N4O3/c1-3-17(24)20-12-19(26)23-10-6-9-22(23)18(25)11-15-13(2)21-16-8-5-4-7-14(15)16/h4-5,7-8,21H,3,6,9-12H2,1-2H3,(H,20,24). The third kappa shape index (κ3) is 3.56. The summed E-state index contributed by atoms with van der Waals surface area (Å²) in [7, 11) is 0. The first-order valence-electron chi connectivity index (χ1n) is 8.94. The average molecular weight is 356 g/mol. The molecule has 1 aromatic carbocycles. The summed E-state index contributed by atoms with van der Waals surface area (Å²) >= 11 is 0. The van der Waals surface area contributed by atoms with E-state index >= 15 is 0 Å². The maximum Gasteiger partial charge on any atom is 0.260 e. The lowest BCUT2D eigenvalue weighted by molar-refractivity contribution is -0.157. The van der Waals surface area contributed by atoms with Gasteiger partial charge in [-0.05, 0) is 25.0 Å². The van der Waals surface area contributed by atoms with Crippen LogP contribution in [0.3, 0.4) is 0 Å². The zero-order chi connectivity index (χ0) is 18.7. The van der Waals surface area contributed by atoms with Crippen LogP contribution in [0.2, 0.25) is 0 Å². The number of benzene rings is 1. The normalized spacial score (nSPS) is 14.1. The monoisotopic (exact) mass is 356 g/mol. The Morgan fingerprint density at radius 3 is 2.54 bits per heavy atom. The largest absolute Gasteiger partial charge is 0.358 e. The maximum absolute atomic E-state index is 12.8. The SMILES string of the molecule is CCC(=O)NCC(=O)N1CCCN1C(=O)Cc1c(C)[nH]c2ccccc12. The number of hydrazine groups is 1. The molecule has 7 nitrogen and oxygen atoms in total. The van der Waals surface area contributed by atoms with Crippen molar-refractivity contribution >= 4 is 28.6 Å². The van der Waals surface area contributed by atoms with Crippen LogP contribution in [-0.4, -0.2) is 52.4 Å². The molecule has 26 heavy (non-hydrogen) atoms. The van der Waals surface area contributed by atoms with Crippen molar-refractivity contribution in [2.24, 2.45) is 0 Å². The fourth-order valence-corrected chi connectivity index (χ4v) is 3.33. The van der Waals surface area contributed by atoms with Gasteiger partial charge in [0.15, 0.2) is 0 Å². The van der Waals surface area contributed by atoms with Gasteiger partial charge in [-0.15, -0.1) is 0 Å². The summed E-state index contributed by atoms with van der Waals surface area (Å²) in [6.07, 6.45) is 1.31. The summed E-state index contributed by atoms with van der Waals surface area (Å²) in [5.41, 5.74) is 2.93. The Hall–Kier alpha value is -2.83. The number of rotatable bonds is 5. The van der Waals surface area contributed by atoms with Crippen molar-refractivity contribution in [2.75, 3.05) is 19.6 Å². The van der Waals surface area contributed by atoms with Crippen LogP contribution in [0.15, 0.2) is 24.3 Å². The van der Waals surface area contributed by atoms with Crippen LogP contribution >= 0.6 is 0 Å². The van der Waals surface area contributed by atoms with Gasteiger partial charge in [-0.3, -0.25) is 19.4 Å². The number of nitrogens with one attached hydrogen (secondary N) is 2. The van der Waals surface area contributed by atoms with Crippen LogP contribution in [0.5, 0.6) is 0 Å². The molecule has 1 aliphatic rings. The summed E-state index contributed by atoms with van der Waals surface area (Å²) in [5, 5.41) is 6.58. The fourth-order valence-electron chi connectivity index (χ4n) is 3.33. The second kappa shape index (κ2) is 7.59. The molecule has 2 N–H and O–H groups in total. The Bertz CT molecular complexity index is 842. The predicted octanol–water partition coefficient (Wildman–Crippen LogP) is 1.52. The minimum atomic E-state index is -0.256. The van der Waals surface area contributed by atoms with Crippen LogP contribution < -0.4 is 5.32 Å². The van der Waals surface area contributed by atoms with Gasteiger partial charge in [0, 0.05) is 36.1 Å². The average Bonchev–Trinajstić information content (AvgIpc) is 3.24. The highest BCUT2D eigenvalue weighted by atomic mass is 16.2. The van der Waals surface area contributed by atoms with E-state index in [9.17, 15) is 14.4 Å². The highest BCUT2D eigenvalue weighted by molar-refractivity contribution is 5.91. The number of amides is 3. The van der Waals surface area contributed by atoms with Crippen molar-refractivity contribution < 1.29 is 14.4 Å². The Labute approximate surface area is 152 Å². The molecule has 138 valence electrons. The molecule has 7 heteroatoms. The van der Waals surface area contributed by atoms with E-state index in [0.717, 1.165) is 28.6 Å². The third-order valence-corrected chi connectivity index (χ3v) is 4.72. The van der Waals surface area contributed by atoms with E-state index in [4.69, 9.17) is 0 Å². The van der Waals surface area contributed by atoms with Crippen molar-refractivity contribution in [1.29, 1.82) is 0 Å². The number of aromatic amines is 1. The third-order valence-electron chi connectivity index (χ3n) is 4.72. The zero-order valence-electron chi connectivity index (χ0n) is 15.2. The highest BCUT2D eigenvalue weighted by Crippen LogP contribution is 2.23. The summed E-state index contributed by atoms with van der Waals surface area (Å²) in [6.45, 7) is 4.63. The highest BCUT2D eigenvalue weighted by Gasteiger charge is 2.31. The molecule has 1 saturated heterocycles. The summed E-state index contributed by atoms with van der Waals surface area (Å²) in [4.78, 5) is 39.9. The Morgan fingerprint density at radius 2 is 1.81 bits per heavy atom. The van der Waals surface area contributed by atoms with E-state index in [1.54, 1.807) is 6.92 Å². The lowest BCUT2D eigenvalue weighted by Gasteiger charge is -2.28. The fraction of sp³-hybridized carbons (Fsp3) is 0.421. The van der Waals surface area contributed by atoms with Gasteiger partial charge in [-0.2, -0.15) is 0 Å². The molecule has 1 aliphatic heterocycles. The lowest BCUT2D eigenvalue weighted by atomic mass is 10.1. The molecular formula is C19H24N4O3. The van der Waals surface area contributed by atoms with Crippen LogP contribution in [0.25, 0.3) is 10.9 Å². The zero-order valence-corrected chi connectivity index (χ0v) is 15.2. The molecule has 1 aromatic heterocycles. The lowest BCUT2D eigenvalue weighted by Crippen LogP contribution is -2.49. The quantitative estimate of drug-likeness (QED) is 0.852. The second-order valence-corrected chi connectivity index (χ2v) is 6.47. The maximum atomic E-state index is 12.8. The number of carbonyl (C=O) groups is 3. The molecule has 2 heterocycles. The van der Waals surface area contributed by atoms with Crippen molar-refractivity contribution in [3.63, 3.8) is 0 Å². The van der Waals surface area contributed by atoms with Crippen molar-refractivity contribution in [2.45, 2.75) is 33.1 Å². The number of aryl methyl sites for hydroxylation is 1. The molecule has 3 rings (SSSR count). The van der Waals surface area contributed by atoms with Gasteiger partial charge < -0.3 is 10.3 Å². The Balaban J connectivity index is 1.71. The molecule has 0 radical (unpaired) electrons. The summed E-state index contributed by atoms with van der Waals surface area (Å²) < 4.78 is 0. The summed E-state index contributed by atoms with van der Waals surface area (Å²) in [6, 6.07) is 7.88. The molecule has 0 aliphatic carbocycles. The molecule has 0 unspecified atom stereocenters. The van der Waals surface area contributed by atoms with Gasteiger partial charge in [0.05, 0.1) is 13.0 Å². The van der Waals surface area contributed by atoms with Crippen molar-refractivity contribution in [3.05, 3.63) is 35.5 Å². The van der Waals surface area contributed by atoms with E-state index in [1.807, 2.05) is 31.2 Å². The number of fused-ring (bicyclic) bond motifs is 1. The summed E-state index contributed by atoms with van der Waals surface area (Å²) in [5.74, 6) is -0.538. The van der Waals surface area contributed by atoms with Crippen molar-refractivity contribution in [3.8, 4) is 0 Å².